The Bertz CT molecular complexity index is 1380. The van der Waals surface area contributed by atoms with E-state index in [9.17, 15) is 0 Å². The highest BCUT2D eigenvalue weighted by molar-refractivity contribution is 7.80. The molecule has 0 radical (unpaired) electrons. The van der Waals surface area contributed by atoms with E-state index in [0.717, 1.165) is 33.9 Å². The summed E-state index contributed by atoms with van der Waals surface area (Å²) in [6.45, 7) is 6.22. The molecule has 1 aliphatic rings. The van der Waals surface area contributed by atoms with Crippen LogP contribution in [0.5, 0.6) is 0 Å². The lowest BCUT2D eigenvalue weighted by molar-refractivity contribution is 0.556. The Morgan fingerprint density at radius 3 is 2.47 bits per heavy atom. The van der Waals surface area contributed by atoms with Crippen LogP contribution >= 0.6 is 23.8 Å². The smallest absolute Gasteiger partial charge is 0.174 e. The third-order valence-electron chi connectivity index (χ3n) is 6.41. The average Bonchev–Trinajstić information content (AvgIpc) is 3.31. The molecule has 0 aliphatic carbocycles. The summed E-state index contributed by atoms with van der Waals surface area (Å²) < 4.78 is 17.2. The highest BCUT2D eigenvalue weighted by atomic mass is 35.5. The van der Waals surface area contributed by atoms with Crippen molar-refractivity contribution in [2.75, 3.05) is 4.90 Å². The third-order valence-corrected chi connectivity index (χ3v) is 6.96. The van der Waals surface area contributed by atoms with Crippen molar-refractivity contribution in [1.82, 2.24) is 14.9 Å². The van der Waals surface area contributed by atoms with Gasteiger partial charge in [-0.15, -0.1) is 0 Å². The fourth-order valence-corrected chi connectivity index (χ4v) is 5.36. The minimum Gasteiger partial charge on any atom is -0.351 e. The number of nitrogens with zero attached hydrogens (tertiary/aromatic N) is 3. The molecule has 4 nitrogen and oxygen atoms in total. The lowest BCUT2D eigenvalue weighted by Crippen LogP contribution is -2.30. The zero-order valence-corrected chi connectivity index (χ0v) is 20.7. The Morgan fingerprint density at radius 1 is 0.971 bits per heavy atom. The molecule has 1 fully saturated rings. The maximum atomic E-state index is 15.0. The fraction of sp³-hybridized carbons (Fsp3) is 0.185. The van der Waals surface area contributed by atoms with Crippen LogP contribution in [0.15, 0.2) is 72.9 Å². The van der Waals surface area contributed by atoms with Crippen LogP contribution in [-0.2, 0) is 0 Å². The highest BCUT2D eigenvalue weighted by Gasteiger charge is 2.43. The number of halogens is 2. The summed E-state index contributed by atoms with van der Waals surface area (Å²) >= 11 is 12.1. The first kappa shape index (κ1) is 22.6. The summed E-state index contributed by atoms with van der Waals surface area (Å²) in [7, 11) is 0. The van der Waals surface area contributed by atoms with Crippen molar-refractivity contribution in [2.24, 2.45) is 0 Å². The number of hydrogen-bond acceptors (Lipinski definition) is 2. The van der Waals surface area contributed by atoms with Crippen molar-refractivity contribution in [2.45, 2.75) is 32.9 Å². The summed E-state index contributed by atoms with van der Waals surface area (Å²) in [4.78, 5) is 6.47. The molecule has 2 aromatic carbocycles. The van der Waals surface area contributed by atoms with E-state index in [1.807, 2.05) is 47.4 Å². The number of rotatable bonds is 4. The van der Waals surface area contributed by atoms with E-state index in [1.165, 1.54) is 6.07 Å². The van der Waals surface area contributed by atoms with Crippen LogP contribution in [0.4, 0.5) is 10.1 Å². The molecule has 2 atom stereocenters. The van der Waals surface area contributed by atoms with Crippen LogP contribution in [0.25, 0.3) is 5.69 Å². The second kappa shape index (κ2) is 8.85. The minimum absolute atomic E-state index is 0.247. The molecule has 1 N–H and O–H groups in total. The van der Waals surface area contributed by atoms with Crippen LogP contribution < -0.4 is 10.2 Å². The number of aryl methyl sites for hydroxylation is 2. The Labute approximate surface area is 209 Å². The molecule has 34 heavy (non-hydrogen) atoms. The normalized spacial score (nSPS) is 17.8. The number of benzene rings is 2. The predicted molar refractivity (Wildman–Crippen MR) is 139 cm³/mol. The lowest BCUT2D eigenvalue weighted by Gasteiger charge is -2.28. The molecule has 2 aromatic heterocycles. The van der Waals surface area contributed by atoms with Gasteiger partial charge in [-0.05, 0) is 86.6 Å². The van der Waals surface area contributed by atoms with Gasteiger partial charge in [0.15, 0.2) is 5.11 Å². The van der Waals surface area contributed by atoms with Crippen LogP contribution in [0.3, 0.4) is 0 Å². The van der Waals surface area contributed by atoms with Crippen LogP contribution in [0.1, 0.15) is 40.3 Å². The van der Waals surface area contributed by atoms with Gasteiger partial charge in [-0.25, -0.2) is 4.39 Å². The summed E-state index contributed by atoms with van der Waals surface area (Å²) in [5, 5.41) is 4.55. The first-order valence-electron chi connectivity index (χ1n) is 11.1. The molecule has 3 heterocycles. The van der Waals surface area contributed by atoms with E-state index >= 15 is 4.39 Å². The summed E-state index contributed by atoms with van der Waals surface area (Å²) in [5.41, 5.74) is 6.57. The molecule has 7 heteroatoms. The van der Waals surface area contributed by atoms with E-state index in [0.29, 0.717) is 15.8 Å². The molecule has 0 bridgehead atoms. The van der Waals surface area contributed by atoms with Gasteiger partial charge in [-0.2, -0.15) is 0 Å². The molecule has 0 spiro atoms. The predicted octanol–water partition coefficient (Wildman–Crippen LogP) is 6.77. The maximum absolute atomic E-state index is 15.0. The molecule has 1 aliphatic heterocycles. The SMILES string of the molecule is Cc1ccc(Cl)cc1-n1c(C)cc(C2C(c3ccccn3)NC(=S)N2c2ccccc2F)c1C. The Kier molecular flexibility index (Phi) is 5.88. The zero-order valence-electron chi connectivity index (χ0n) is 19.1. The van der Waals surface area contributed by atoms with E-state index in [2.05, 4.69) is 41.7 Å². The van der Waals surface area contributed by atoms with E-state index in [1.54, 1.807) is 18.3 Å². The van der Waals surface area contributed by atoms with Gasteiger partial charge in [0.25, 0.3) is 0 Å². The van der Waals surface area contributed by atoms with Crippen molar-refractivity contribution < 1.29 is 4.39 Å². The summed E-state index contributed by atoms with van der Waals surface area (Å²) in [6, 6.07) is 20.0. The number of aromatic nitrogens is 2. The van der Waals surface area contributed by atoms with Gasteiger partial charge in [0, 0.05) is 28.3 Å². The molecule has 1 saturated heterocycles. The highest BCUT2D eigenvalue weighted by Crippen LogP contribution is 2.44. The monoisotopic (exact) mass is 490 g/mol. The van der Waals surface area contributed by atoms with Crippen molar-refractivity contribution in [3.63, 3.8) is 0 Å². The second-order valence-electron chi connectivity index (χ2n) is 8.54. The van der Waals surface area contributed by atoms with Gasteiger partial charge in [-0.3, -0.25) is 4.98 Å². The van der Waals surface area contributed by atoms with Crippen molar-refractivity contribution in [3.8, 4) is 5.69 Å². The van der Waals surface area contributed by atoms with Crippen LogP contribution in [-0.4, -0.2) is 14.7 Å². The lowest BCUT2D eigenvalue weighted by atomic mass is 9.96. The number of anilines is 1. The van der Waals surface area contributed by atoms with Crippen molar-refractivity contribution >= 4 is 34.6 Å². The van der Waals surface area contributed by atoms with Gasteiger partial charge >= 0.3 is 0 Å². The fourth-order valence-electron chi connectivity index (χ4n) is 4.86. The average molecular weight is 491 g/mol. The number of thiocarbonyl (C=S) groups is 1. The summed E-state index contributed by atoms with van der Waals surface area (Å²) in [5.74, 6) is -0.321. The number of hydrogen-bond donors (Lipinski definition) is 1. The third kappa shape index (κ3) is 3.77. The summed E-state index contributed by atoms with van der Waals surface area (Å²) in [6.07, 6.45) is 1.77. The first-order valence-corrected chi connectivity index (χ1v) is 11.9. The minimum atomic E-state index is -0.321. The van der Waals surface area contributed by atoms with Crippen molar-refractivity contribution in [1.29, 1.82) is 0 Å². The standard InChI is InChI=1S/C27H24ClFN4S/c1-16-11-12-19(28)15-24(16)32-17(2)14-20(18(32)3)26-25(22-9-6-7-13-30-22)31-27(34)33(26)23-10-5-4-8-21(23)29/h4-15,25-26H,1-3H3,(H,31,34). The largest absolute Gasteiger partial charge is 0.351 e. The molecule has 172 valence electrons. The topological polar surface area (TPSA) is 33.1 Å². The molecular formula is C27H24ClFN4S. The molecule has 4 aromatic rings. The number of pyridine rings is 1. The second-order valence-corrected chi connectivity index (χ2v) is 9.36. The van der Waals surface area contributed by atoms with E-state index in [-0.39, 0.29) is 17.9 Å². The van der Waals surface area contributed by atoms with Crippen LogP contribution in [0.2, 0.25) is 5.02 Å². The first-order chi connectivity index (χ1) is 16.4. The van der Waals surface area contributed by atoms with Gasteiger partial charge in [-0.1, -0.05) is 35.9 Å². The molecular weight excluding hydrogens is 467 g/mol. The van der Waals surface area contributed by atoms with Gasteiger partial charge in [0.2, 0.25) is 0 Å². The van der Waals surface area contributed by atoms with Crippen LogP contribution in [0, 0.1) is 26.6 Å². The maximum Gasteiger partial charge on any atom is 0.174 e. The molecule has 5 rings (SSSR count). The van der Waals surface area contributed by atoms with Gasteiger partial charge in [0.05, 0.1) is 23.5 Å². The Morgan fingerprint density at radius 2 is 1.74 bits per heavy atom. The molecule has 0 saturated carbocycles. The van der Waals surface area contributed by atoms with Gasteiger partial charge < -0.3 is 14.8 Å². The van der Waals surface area contributed by atoms with E-state index < -0.39 is 0 Å². The Balaban J connectivity index is 1.72. The van der Waals surface area contributed by atoms with Gasteiger partial charge in [0.1, 0.15) is 5.82 Å². The zero-order chi connectivity index (χ0) is 24.0. The quantitative estimate of drug-likeness (QED) is 0.320. The number of nitrogens with one attached hydrogen (secondary N) is 1. The number of para-hydroxylation sites is 1. The van der Waals surface area contributed by atoms with Crippen molar-refractivity contribution in [3.05, 3.63) is 112 Å². The molecule has 2 unspecified atom stereocenters. The van der Waals surface area contributed by atoms with E-state index in [4.69, 9.17) is 23.8 Å². The Hall–Kier alpha value is -3.22. The molecule has 0 amide bonds.